The summed E-state index contributed by atoms with van der Waals surface area (Å²) in [4.78, 5) is 11.2. The summed E-state index contributed by atoms with van der Waals surface area (Å²) in [6.07, 6.45) is -4.33. The van der Waals surface area contributed by atoms with Crippen molar-refractivity contribution in [3.63, 3.8) is 0 Å². The molecule has 0 aliphatic rings. The summed E-state index contributed by atoms with van der Waals surface area (Å²) in [5, 5.41) is 12.1. The number of carbonyl (C=O) groups is 1. The van der Waals surface area contributed by atoms with E-state index in [4.69, 9.17) is 10.00 Å². The highest BCUT2D eigenvalue weighted by atomic mass is 19.4. The Kier molecular flexibility index (Phi) is 6.93. The molecule has 0 saturated heterocycles. The van der Waals surface area contributed by atoms with Gasteiger partial charge in [-0.2, -0.15) is 23.5 Å². The quantitative estimate of drug-likeness (QED) is 0.277. The van der Waals surface area contributed by atoms with Crippen molar-refractivity contribution in [3.05, 3.63) is 35.2 Å². The van der Waals surface area contributed by atoms with E-state index in [1.807, 2.05) is 0 Å². The monoisotopic (exact) mass is 359 g/mol. The Morgan fingerprint density at radius 2 is 2.12 bits per heavy atom. The maximum Gasteiger partial charge on any atom is 0.418 e. The van der Waals surface area contributed by atoms with Crippen molar-refractivity contribution in [2.75, 3.05) is 19.1 Å². The molecule has 25 heavy (non-hydrogen) atoms. The Balaban J connectivity index is 3.04. The van der Waals surface area contributed by atoms with Crippen LogP contribution in [0.25, 0.3) is 0 Å². The molecule has 0 unspecified atom stereocenters. The number of ether oxygens (including phenoxy) is 2. The van der Waals surface area contributed by atoms with Crippen LogP contribution in [0, 0.1) is 17.1 Å². The SMILES string of the molecule is CCOC(=O)C=C(C=NNc1cc(OC)c(C#N)cc1F)C(F)(F)F. The number of nitriles is 1. The van der Waals surface area contributed by atoms with Crippen molar-refractivity contribution in [1.82, 2.24) is 0 Å². The molecule has 0 saturated carbocycles. The first kappa shape index (κ1) is 20.0. The van der Waals surface area contributed by atoms with Crippen LogP contribution in [-0.2, 0) is 9.53 Å². The van der Waals surface area contributed by atoms with E-state index in [0.29, 0.717) is 6.21 Å². The van der Waals surface area contributed by atoms with Crippen LogP contribution in [0.15, 0.2) is 28.9 Å². The Hall–Kier alpha value is -3.09. The van der Waals surface area contributed by atoms with Crippen LogP contribution in [0.1, 0.15) is 12.5 Å². The van der Waals surface area contributed by atoms with Crippen LogP contribution in [0.3, 0.4) is 0 Å². The molecule has 10 heteroatoms. The molecule has 0 amide bonds. The van der Waals surface area contributed by atoms with Gasteiger partial charge in [-0.1, -0.05) is 0 Å². The maximum absolute atomic E-state index is 13.8. The van der Waals surface area contributed by atoms with Crippen molar-refractivity contribution in [2.24, 2.45) is 5.10 Å². The molecular formula is C15H13F4N3O3. The van der Waals surface area contributed by atoms with Gasteiger partial charge in [-0.15, -0.1) is 0 Å². The average Bonchev–Trinajstić information content (AvgIpc) is 2.54. The second kappa shape index (κ2) is 8.68. The number of alkyl halides is 3. The Labute approximate surface area is 140 Å². The maximum atomic E-state index is 13.8. The minimum Gasteiger partial charge on any atom is -0.495 e. The number of halogens is 4. The molecule has 0 heterocycles. The summed E-state index contributed by atoms with van der Waals surface area (Å²) in [7, 11) is 1.24. The lowest BCUT2D eigenvalue weighted by molar-refractivity contribution is -0.138. The number of nitrogens with one attached hydrogen (secondary N) is 1. The Morgan fingerprint density at radius 3 is 2.64 bits per heavy atom. The van der Waals surface area contributed by atoms with Crippen LogP contribution in [0.2, 0.25) is 0 Å². The minimum absolute atomic E-state index is 0.0136. The van der Waals surface area contributed by atoms with E-state index >= 15 is 0 Å². The third-order valence-corrected chi connectivity index (χ3v) is 2.69. The van der Waals surface area contributed by atoms with Crippen LogP contribution in [-0.4, -0.2) is 32.1 Å². The predicted octanol–water partition coefficient (Wildman–Crippen LogP) is 3.16. The van der Waals surface area contributed by atoms with Gasteiger partial charge in [0.05, 0.1) is 36.8 Å². The summed E-state index contributed by atoms with van der Waals surface area (Å²) >= 11 is 0. The minimum atomic E-state index is -4.86. The molecular weight excluding hydrogens is 346 g/mol. The van der Waals surface area contributed by atoms with Crippen molar-refractivity contribution < 1.29 is 31.8 Å². The highest BCUT2D eigenvalue weighted by molar-refractivity contribution is 5.92. The van der Waals surface area contributed by atoms with E-state index in [1.165, 1.54) is 14.0 Å². The van der Waals surface area contributed by atoms with Crippen molar-refractivity contribution in [1.29, 1.82) is 5.26 Å². The van der Waals surface area contributed by atoms with Crippen LogP contribution in [0.5, 0.6) is 5.75 Å². The van der Waals surface area contributed by atoms with Crippen molar-refractivity contribution in [3.8, 4) is 11.8 Å². The molecule has 0 aliphatic carbocycles. The van der Waals surface area contributed by atoms with Gasteiger partial charge in [0, 0.05) is 12.1 Å². The number of esters is 1. The molecule has 0 aromatic heterocycles. The zero-order valence-corrected chi connectivity index (χ0v) is 13.1. The van der Waals surface area contributed by atoms with E-state index in [-0.39, 0.29) is 29.7 Å². The normalized spacial score (nSPS) is 12.0. The number of hydrazone groups is 1. The van der Waals surface area contributed by atoms with Gasteiger partial charge < -0.3 is 9.47 Å². The van der Waals surface area contributed by atoms with E-state index in [1.54, 1.807) is 6.07 Å². The summed E-state index contributed by atoms with van der Waals surface area (Å²) in [5.41, 5.74) is 0.264. The molecule has 0 spiro atoms. The first-order valence-electron chi connectivity index (χ1n) is 6.75. The van der Waals surface area contributed by atoms with Gasteiger partial charge in [0.15, 0.2) is 0 Å². The van der Waals surface area contributed by atoms with Crippen LogP contribution >= 0.6 is 0 Å². The average molecular weight is 359 g/mol. The lowest BCUT2D eigenvalue weighted by atomic mass is 10.2. The molecule has 0 bridgehead atoms. The number of methoxy groups -OCH3 is 1. The summed E-state index contributed by atoms with van der Waals surface area (Å²) in [6.45, 7) is 1.35. The zero-order chi connectivity index (χ0) is 19.0. The van der Waals surface area contributed by atoms with Gasteiger partial charge in [-0.3, -0.25) is 5.43 Å². The Bertz CT molecular complexity index is 737. The fourth-order valence-electron chi connectivity index (χ4n) is 1.57. The summed E-state index contributed by atoms with van der Waals surface area (Å²) < 4.78 is 61.5. The Morgan fingerprint density at radius 1 is 1.44 bits per heavy atom. The lowest BCUT2D eigenvalue weighted by Crippen LogP contribution is -2.16. The zero-order valence-electron chi connectivity index (χ0n) is 13.1. The highest BCUT2D eigenvalue weighted by Crippen LogP contribution is 2.27. The number of rotatable bonds is 6. The lowest BCUT2D eigenvalue weighted by Gasteiger charge is -2.09. The third kappa shape index (κ3) is 5.80. The smallest absolute Gasteiger partial charge is 0.418 e. The molecule has 1 rings (SSSR count). The third-order valence-electron chi connectivity index (χ3n) is 2.69. The summed E-state index contributed by atoms with van der Waals surface area (Å²) in [6, 6.07) is 3.61. The number of carbonyl (C=O) groups excluding carboxylic acids is 1. The fourth-order valence-corrected chi connectivity index (χ4v) is 1.57. The molecule has 0 atom stereocenters. The van der Waals surface area contributed by atoms with Crippen molar-refractivity contribution in [2.45, 2.75) is 13.1 Å². The molecule has 134 valence electrons. The highest BCUT2D eigenvalue weighted by Gasteiger charge is 2.33. The molecule has 1 aromatic rings. The number of allylic oxidation sites excluding steroid dienone is 1. The van der Waals surface area contributed by atoms with E-state index in [9.17, 15) is 22.4 Å². The molecule has 0 fully saturated rings. The van der Waals surface area contributed by atoms with Gasteiger partial charge in [0.25, 0.3) is 0 Å². The topological polar surface area (TPSA) is 83.7 Å². The number of benzene rings is 1. The first-order chi connectivity index (χ1) is 11.7. The van der Waals surface area contributed by atoms with Gasteiger partial charge in [0.2, 0.25) is 0 Å². The van der Waals surface area contributed by atoms with E-state index in [2.05, 4.69) is 15.3 Å². The molecule has 1 aromatic carbocycles. The molecule has 1 N–H and O–H groups in total. The van der Waals surface area contributed by atoms with Gasteiger partial charge in [-0.05, 0) is 13.0 Å². The van der Waals surface area contributed by atoms with E-state index in [0.717, 1.165) is 12.1 Å². The number of nitrogens with zero attached hydrogens (tertiary/aromatic N) is 2. The largest absolute Gasteiger partial charge is 0.495 e. The van der Waals surface area contributed by atoms with Crippen LogP contribution in [0.4, 0.5) is 23.2 Å². The second-order valence-electron chi connectivity index (χ2n) is 4.36. The number of anilines is 1. The predicted molar refractivity (Wildman–Crippen MR) is 80.6 cm³/mol. The van der Waals surface area contributed by atoms with Crippen molar-refractivity contribution >= 4 is 17.9 Å². The molecule has 0 radical (unpaired) electrons. The first-order valence-corrected chi connectivity index (χ1v) is 6.75. The molecule has 6 nitrogen and oxygen atoms in total. The fraction of sp³-hybridized carbons (Fsp3) is 0.267. The molecule has 0 aliphatic heterocycles. The van der Waals surface area contributed by atoms with Gasteiger partial charge >= 0.3 is 12.1 Å². The van der Waals surface area contributed by atoms with Gasteiger partial charge in [0.1, 0.15) is 17.6 Å². The number of hydrogen-bond acceptors (Lipinski definition) is 6. The summed E-state index contributed by atoms with van der Waals surface area (Å²) in [5.74, 6) is -2.09. The second-order valence-corrected chi connectivity index (χ2v) is 4.36. The standard InChI is InChI=1S/C15H13F4N3O3/c1-3-25-14(23)5-10(15(17,18)19)8-21-22-12-6-13(24-2)9(7-20)4-11(12)16/h4-6,8,22H,3H2,1-2H3. The van der Waals surface area contributed by atoms with Gasteiger partial charge in [-0.25, -0.2) is 9.18 Å². The van der Waals surface area contributed by atoms with E-state index < -0.39 is 23.5 Å². The number of hydrogen-bond donors (Lipinski definition) is 1. The van der Waals surface area contributed by atoms with Crippen LogP contribution < -0.4 is 10.2 Å².